The molecule has 142 valence electrons. The third-order valence-electron chi connectivity index (χ3n) is 4.07. The van der Waals surface area contributed by atoms with Crippen LogP contribution in [-0.2, 0) is 0 Å². The Hall–Kier alpha value is -3.46. The second-order valence-corrected chi connectivity index (χ2v) is 6.98. The third-order valence-corrected chi connectivity index (χ3v) is 5.20. The van der Waals surface area contributed by atoms with Crippen LogP contribution in [0.25, 0.3) is 10.4 Å². The Morgan fingerprint density at radius 2 is 1.86 bits per heavy atom. The molecule has 0 radical (unpaired) electrons. The third kappa shape index (κ3) is 3.52. The number of halogens is 1. The van der Waals surface area contributed by atoms with Crippen LogP contribution in [0, 0.1) is 15.9 Å². The maximum absolute atomic E-state index is 13.9. The number of nitro groups is 1. The molecule has 0 aliphatic carbocycles. The first kappa shape index (κ1) is 17.9. The van der Waals surface area contributed by atoms with Gasteiger partial charge in [-0.25, -0.2) is 4.39 Å². The molecule has 0 atom stereocenters. The Morgan fingerprint density at radius 3 is 2.64 bits per heavy atom. The van der Waals surface area contributed by atoms with Crippen molar-refractivity contribution in [3.63, 3.8) is 0 Å². The molecule has 1 aromatic heterocycles. The van der Waals surface area contributed by atoms with Gasteiger partial charge in [-0.3, -0.25) is 14.9 Å². The number of non-ortho nitro benzene ring substituents is 1. The zero-order valence-corrected chi connectivity index (χ0v) is 15.1. The minimum atomic E-state index is -0.748. The molecule has 0 fully saturated rings. The summed E-state index contributed by atoms with van der Waals surface area (Å²) in [6.45, 7) is 0.979. The molecule has 0 bridgehead atoms. The van der Waals surface area contributed by atoms with Crippen molar-refractivity contribution < 1.29 is 23.6 Å². The predicted octanol–water partition coefficient (Wildman–Crippen LogP) is 4.49. The van der Waals surface area contributed by atoms with Gasteiger partial charge in [0.15, 0.2) is 11.5 Å². The number of anilines is 1. The summed E-state index contributed by atoms with van der Waals surface area (Å²) in [4.78, 5) is 23.8. The molecule has 7 nitrogen and oxygen atoms in total. The van der Waals surface area contributed by atoms with Gasteiger partial charge in [-0.15, -0.1) is 11.3 Å². The second-order valence-electron chi connectivity index (χ2n) is 5.90. The molecule has 0 unspecified atom stereocenters. The Labute approximate surface area is 162 Å². The number of rotatable bonds is 4. The van der Waals surface area contributed by atoms with Gasteiger partial charge in [0.2, 0.25) is 0 Å². The lowest BCUT2D eigenvalue weighted by atomic mass is 10.1. The molecule has 4 rings (SSSR count). The van der Waals surface area contributed by atoms with Crippen LogP contribution in [0.1, 0.15) is 9.67 Å². The van der Waals surface area contributed by atoms with Gasteiger partial charge in [-0.2, -0.15) is 0 Å². The highest BCUT2D eigenvalue weighted by Gasteiger charge is 2.17. The minimum absolute atomic E-state index is 0.242. The summed E-state index contributed by atoms with van der Waals surface area (Å²) in [6, 6.07) is 11.9. The van der Waals surface area contributed by atoms with Gasteiger partial charge < -0.3 is 14.8 Å². The molecule has 0 spiro atoms. The lowest BCUT2D eigenvalue weighted by Crippen LogP contribution is -2.15. The lowest BCUT2D eigenvalue weighted by molar-refractivity contribution is -0.384. The van der Waals surface area contributed by atoms with Gasteiger partial charge in [0.1, 0.15) is 19.0 Å². The summed E-state index contributed by atoms with van der Waals surface area (Å²) >= 11 is 1.22. The number of nitrogens with one attached hydrogen (secondary N) is 1. The minimum Gasteiger partial charge on any atom is -0.486 e. The number of fused-ring (bicyclic) bond motifs is 1. The maximum atomic E-state index is 13.9. The number of benzene rings is 2. The number of hydrogen-bond donors (Lipinski definition) is 1. The van der Waals surface area contributed by atoms with Crippen LogP contribution in [0.4, 0.5) is 15.8 Å². The van der Waals surface area contributed by atoms with E-state index in [9.17, 15) is 19.3 Å². The summed E-state index contributed by atoms with van der Waals surface area (Å²) in [5.74, 6) is 0.0169. The number of nitro benzene ring substituents is 1. The summed E-state index contributed by atoms with van der Waals surface area (Å²) in [6.07, 6.45) is 0. The van der Waals surface area contributed by atoms with Crippen molar-refractivity contribution in [2.24, 2.45) is 0 Å². The van der Waals surface area contributed by atoms with E-state index < -0.39 is 16.6 Å². The SMILES string of the molecule is O=C(Nc1cc([N+](=O)[O-])ccc1F)c1ccc(-c2ccc3c(c2)OCCO3)s1. The highest BCUT2D eigenvalue weighted by atomic mass is 32.1. The normalized spacial score (nSPS) is 12.5. The average Bonchev–Trinajstić information content (AvgIpc) is 3.19. The Balaban J connectivity index is 1.55. The fraction of sp³-hybridized carbons (Fsp3) is 0.105. The van der Waals surface area contributed by atoms with E-state index in [1.807, 2.05) is 18.2 Å². The number of carbonyl (C=O) groups excluding carboxylic acids is 1. The molecular formula is C19H13FN2O5S. The number of amides is 1. The molecule has 1 aliphatic rings. The topological polar surface area (TPSA) is 90.7 Å². The first-order valence-electron chi connectivity index (χ1n) is 8.26. The van der Waals surface area contributed by atoms with Crippen molar-refractivity contribution in [1.82, 2.24) is 0 Å². The van der Waals surface area contributed by atoms with Crippen LogP contribution in [0.2, 0.25) is 0 Å². The molecule has 3 aromatic rings. The van der Waals surface area contributed by atoms with E-state index in [-0.39, 0.29) is 11.4 Å². The van der Waals surface area contributed by atoms with Crippen molar-refractivity contribution in [2.75, 3.05) is 18.5 Å². The van der Waals surface area contributed by atoms with Crippen molar-refractivity contribution >= 4 is 28.6 Å². The molecule has 1 N–H and O–H groups in total. The first-order valence-corrected chi connectivity index (χ1v) is 9.08. The highest BCUT2D eigenvalue weighted by Crippen LogP contribution is 2.37. The van der Waals surface area contributed by atoms with Crippen molar-refractivity contribution in [3.8, 4) is 21.9 Å². The van der Waals surface area contributed by atoms with E-state index in [1.54, 1.807) is 12.1 Å². The quantitative estimate of drug-likeness (QED) is 0.515. The number of ether oxygens (including phenoxy) is 2. The molecule has 1 amide bonds. The van der Waals surface area contributed by atoms with Gasteiger partial charge in [0, 0.05) is 17.0 Å². The number of hydrogen-bond acceptors (Lipinski definition) is 6. The lowest BCUT2D eigenvalue weighted by Gasteiger charge is -2.18. The van der Waals surface area contributed by atoms with Crippen molar-refractivity contribution in [2.45, 2.75) is 0 Å². The fourth-order valence-corrected chi connectivity index (χ4v) is 3.62. The van der Waals surface area contributed by atoms with Gasteiger partial charge in [-0.05, 0) is 42.0 Å². The maximum Gasteiger partial charge on any atom is 0.271 e. The van der Waals surface area contributed by atoms with Crippen LogP contribution >= 0.6 is 11.3 Å². The molecule has 2 heterocycles. The molecule has 0 saturated heterocycles. The van der Waals surface area contributed by atoms with Gasteiger partial charge in [-0.1, -0.05) is 0 Å². The fourth-order valence-electron chi connectivity index (χ4n) is 2.72. The van der Waals surface area contributed by atoms with Gasteiger partial charge in [0.05, 0.1) is 15.5 Å². The van der Waals surface area contributed by atoms with Gasteiger partial charge >= 0.3 is 0 Å². The molecule has 2 aromatic carbocycles. The van der Waals surface area contributed by atoms with E-state index in [1.165, 1.54) is 11.3 Å². The van der Waals surface area contributed by atoms with Crippen LogP contribution in [0.5, 0.6) is 11.5 Å². The van der Waals surface area contributed by atoms with E-state index >= 15 is 0 Å². The number of nitrogens with zero attached hydrogens (tertiary/aromatic N) is 1. The number of thiophene rings is 1. The predicted molar refractivity (Wildman–Crippen MR) is 102 cm³/mol. The van der Waals surface area contributed by atoms with E-state index in [2.05, 4.69) is 5.32 Å². The second kappa shape index (κ2) is 7.28. The molecular weight excluding hydrogens is 387 g/mol. The average molecular weight is 400 g/mol. The molecule has 0 saturated carbocycles. The standard InChI is InChI=1S/C19H13FN2O5S/c20-13-3-2-12(22(24)25)10-14(13)21-19(23)18-6-5-17(28-18)11-1-4-15-16(9-11)27-8-7-26-15/h1-6,9-10H,7-8H2,(H,21,23). The summed E-state index contributed by atoms with van der Waals surface area (Å²) in [5.41, 5.74) is 0.308. The zero-order chi connectivity index (χ0) is 19.7. The summed E-state index contributed by atoms with van der Waals surface area (Å²) in [5, 5.41) is 13.2. The van der Waals surface area contributed by atoms with Crippen LogP contribution in [0.15, 0.2) is 48.5 Å². The number of carbonyl (C=O) groups is 1. The van der Waals surface area contributed by atoms with E-state index in [0.717, 1.165) is 28.6 Å². The van der Waals surface area contributed by atoms with Crippen LogP contribution < -0.4 is 14.8 Å². The zero-order valence-electron chi connectivity index (χ0n) is 14.3. The van der Waals surface area contributed by atoms with Crippen LogP contribution in [-0.4, -0.2) is 24.0 Å². The van der Waals surface area contributed by atoms with Crippen LogP contribution in [0.3, 0.4) is 0 Å². The molecule has 9 heteroatoms. The van der Waals surface area contributed by atoms with Gasteiger partial charge in [0.25, 0.3) is 11.6 Å². The van der Waals surface area contributed by atoms with Crippen molar-refractivity contribution in [3.05, 3.63) is 69.3 Å². The van der Waals surface area contributed by atoms with E-state index in [0.29, 0.717) is 29.6 Å². The largest absolute Gasteiger partial charge is 0.486 e. The first-order chi connectivity index (χ1) is 13.5. The molecule has 28 heavy (non-hydrogen) atoms. The summed E-state index contributed by atoms with van der Waals surface area (Å²) < 4.78 is 24.9. The summed E-state index contributed by atoms with van der Waals surface area (Å²) in [7, 11) is 0. The van der Waals surface area contributed by atoms with Crippen molar-refractivity contribution in [1.29, 1.82) is 0 Å². The monoisotopic (exact) mass is 400 g/mol. The Kier molecular flexibility index (Phi) is 4.66. The molecule has 1 aliphatic heterocycles. The highest BCUT2D eigenvalue weighted by molar-refractivity contribution is 7.17. The Morgan fingerprint density at radius 1 is 1.07 bits per heavy atom. The Bertz CT molecular complexity index is 1080. The smallest absolute Gasteiger partial charge is 0.271 e. The van der Waals surface area contributed by atoms with E-state index in [4.69, 9.17) is 9.47 Å².